The molecule has 2 aliphatic carbocycles. The van der Waals surface area contributed by atoms with Gasteiger partial charge in [0, 0.05) is 11.1 Å². The number of benzene rings is 2. The van der Waals surface area contributed by atoms with Crippen molar-refractivity contribution in [3.8, 4) is 0 Å². The number of hydrogen-bond donors (Lipinski definition) is 1. The zero-order chi connectivity index (χ0) is 17.8. The third kappa shape index (κ3) is 2.13. The van der Waals surface area contributed by atoms with Crippen LogP contribution >= 0.6 is 0 Å². The Hall–Kier alpha value is -2.95. The molecule has 1 N–H and O–H groups in total. The summed E-state index contributed by atoms with van der Waals surface area (Å²) >= 11 is 0. The molecule has 4 atom stereocenters. The van der Waals surface area contributed by atoms with Crippen LogP contribution in [0.2, 0.25) is 0 Å². The summed E-state index contributed by atoms with van der Waals surface area (Å²) in [5, 5.41) is 4.81. The lowest BCUT2D eigenvalue weighted by Gasteiger charge is -2.17. The van der Waals surface area contributed by atoms with Gasteiger partial charge in [0.25, 0.3) is 0 Å². The van der Waals surface area contributed by atoms with Gasteiger partial charge in [-0.2, -0.15) is 0 Å². The Morgan fingerprint density at radius 2 is 1.62 bits per heavy atom. The van der Waals surface area contributed by atoms with E-state index in [1.807, 2.05) is 42.5 Å². The fourth-order valence-corrected chi connectivity index (χ4v) is 4.79. The van der Waals surface area contributed by atoms with Crippen LogP contribution in [-0.4, -0.2) is 29.2 Å². The van der Waals surface area contributed by atoms with Crippen molar-refractivity contribution in [2.45, 2.75) is 6.42 Å². The highest BCUT2D eigenvalue weighted by atomic mass is 16.2. The maximum atomic E-state index is 12.7. The molecule has 130 valence electrons. The Morgan fingerprint density at radius 3 is 2.35 bits per heavy atom. The van der Waals surface area contributed by atoms with Crippen molar-refractivity contribution in [3.63, 3.8) is 0 Å². The van der Waals surface area contributed by atoms with Gasteiger partial charge in [0.2, 0.25) is 17.7 Å². The van der Waals surface area contributed by atoms with E-state index in [2.05, 4.69) is 17.5 Å². The van der Waals surface area contributed by atoms with E-state index in [1.54, 1.807) is 0 Å². The SMILES string of the molecule is O=C(CN1C(=O)[C@@H]2[C@@H](C1=O)[C@H]1C=C[C@H]2C1)Nc1cccc2ccccc12. The molecule has 1 saturated heterocycles. The van der Waals surface area contributed by atoms with E-state index >= 15 is 0 Å². The van der Waals surface area contributed by atoms with Gasteiger partial charge in [0.1, 0.15) is 6.54 Å². The third-order valence-corrected chi connectivity index (χ3v) is 5.93. The van der Waals surface area contributed by atoms with Crippen LogP contribution in [-0.2, 0) is 14.4 Å². The maximum absolute atomic E-state index is 12.7. The van der Waals surface area contributed by atoms with Crippen molar-refractivity contribution >= 4 is 34.2 Å². The first kappa shape index (κ1) is 15.3. The van der Waals surface area contributed by atoms with E-state index in [-0.39, 0.29) is 47.9 Å². The number of amides is 3. The molecule has 5 nitrogen and oxygen atoms in total. The van der Waals surface area contributed by atoms with Crippen LogP contribution in [0.1, 0.15) is 6.42 Å². The quantitative estimate of drug-likeness (QED) is 0.686. The number of anilines is 1. The fraction of sp³-hybridized carbons (Fsp3) is 0.286. The minimum atomic E-state index is -0.344. The van der Waals surface area contributed by atoms with Gasteiger partial charge in [0.15, 0.2) is 0 Å². The summed E-state index contributed by atoms with van der Waals surface area (Å²) in [5.41, 5.74) is 0.689. The largest absolute Gasteiger partial charge is 0.324 e. The van der Waals surface area contributed by atoms with E-state index in [0.717, 1.165) is 22.1 Å². The Labute approximate surface area is 150 Å². The number of likely N-dealkylation sites (tertiary alicyclic amines) is 1. The lowest BCUT2D eigenvalue weighted by Crippen LogP contribution is -2.39. The van der Waals surface area contributed by atoms with Crippen molar-refractivity contribution in [2.24, 2.45) is 23.7 Å². The molecule has 0 radical (unpaired) electrons. The smallest absolute Gasteiger partial charge is 0.244 e. The number of nitrogens with zero attached hydrogens (tertiary/aromatic N) is 1. The molecule has 1 saturated carbocycles. The van der Waals surface area contributed by atoms with Gasteiger partial charge >= 0.3 is 0 Å². The number of fused-ring (bicyclic) bond motifs is 6. The van der Waals surface area contributed by atoms with E-state index in [4.69, 9.17) is 0 Å². The number of carbonyl (C=O) groups excluding carboxylic acids is 3. The highest BCUT2D eigenvalue weighted by molar-refractivity contribution is 6.10. The first-order valence-electron chi connectivity index (χ1n) is 8.94. The van der Waals surface area contributed by atoms with Crippen LogP contribution in [0.4, 0.5) is 5.69 Å². The van der Waals surface area contributed by atoms with Gasteiger partial charge in [-0.05, 0) is 29.7 Å². The molecule has 0 unspecified atom stereocenters. The van der Waals surface area contributed by atoms with Crippen molar-refractivity contribution in [3.05, 3.63) is 54.6 Å². The summed E-state index contributed by atoms with van der Waals surface area (Å²) in [4.78, 5) is 39.0. The molecule has 2 bridgehead atoms. The molecule has 0 aromatic heterocycles. The van der Waals surface area contributed by atoms with Gasteiger partial charge in [0.05, 0.1) is 11.8 Å². The minimum Gasteiger partial charge on any atom is -0.324 e. The average molecular weight is 346 g/mol. The molecule has 1 heterocycles. The molecule has 1 aliphatic heterocycles. The summed E-state index contributed by atoms with van der Waals surface area (Å²) in [6.07, 6.45) is 5.00. The average Bonchev–Trinajstić information content (AvgIpc) is 3.32. The lowest BCUT2D eigenvalue weighted by atomic mass is 9.85. The van der Waals surface area contributed by atoms with Gasteiger partial charge in [-0.15, -0.1) is 0 Å². The molecule has 26 heavy (non-hydrogen) atoms. The van der Waals surface area contributed by atoms with Gasteiger partial charge in [-0.25, -0.2) is 0 Å². The standard InChI is InChI=1S/C21H18N2O3/c24-17(22-16-7-3-5-12-4-1-2-6-15(12)16)11-23-20(25)18-13-8-9-14(10-13)19(18)21(23)26/h1-9,13-14,18-19H,10-11H2,(H,22,24)/t13-,14-,18-,19-/m0/s1. The Kier molecular flexibility index (Phi) is 3.26. The monoisotopic (exact) mass is 346 g/mol. The minimum absolute atomic E-state index is 0.160. The summed E-state index contributed by atoms with van der Waals surface area (Å²) in [7, 11) is 0. The van der Waals surface area contributed by atoms with Gasteiger partial charge in [-0.1, -0.05) is 48.6 Å². The number of allylic oxidation sites excluding steroid dienone is 2. The van der Waals surface area contributed by atoms with Crippen LogP contribution < -0.4 is 5.32 Å². The highest BCUT2D eigenvalue weighted by Gasteiger charge is 2.59. The second-order valence-corrected chi connectivity index (χ2v) is 7.34. The second-order valence-electron chi connectivity index (χ2n) is 7.34. The third-order valence-electron chi connectivity index (χ3n) is 5.93. The first-order chi connectivity index (χ1) is 12.6. The van der Waals surface area contributed by atoms with Crippen molar-refractivity contribution in [1.29, 1.82) is 0 Å². The Morgan fingerprint density at radius 1 is 0.962 bits per heavy atom. The molecule has 5 rings (SSSR count). The Bertz CT molecular complexity index is 945. The van der Waals surface area contributed by atoms with Crippen LogP contribution in [0, 0.1) is 23.7 Å². The zero-order valence-corrected chi connectivity index (χ0v) is 14.1. The predicted octanol–water partition coefficient (Wildman–Crippen LogP) is 2.59. The zero-order valence-electron chi connectivity index (χ0n) is 14.1. The highest BCUT2D eigenvalue weighted by Crippen LogP contribution is 2.52. The van der Waals surface area contributed by atoms with E-state index in [1.165, 1.54) is 0 Å². The molecule has 2 aromatic carbocycles. The molecule has 0 spiro atoms. The second kappa shape index (κ2) is 5.53. The van der Waals surface area contributed by atoms with Gasteiger partial charge in [-0.3, -0.25) is 19.3 Å². The van der Waals surface area contributed by atoms with Crippen LogP contribution in [0.5, 0.6) is 0 Å². The molecular formula is C21H18N2O3. The van der Waals surface area contributed by atoms with Gasteiger partial charge < -0.3 is 5.32 Å². The number of imide groups is 1. The molecule has 5 heteroatoms. The number of rotatable bonds is 3. The molecular weight excluding hydrogens is 328 g/mol. The topological polar surface area (TPSA) is 66.5 Å². The van der Waals surface area contributed by atoms with Crippen molar-refractivity contribution < 1.29 is 14.4 Å². The predicted molar refractivity (Wildman–Crippen MR) is 97.0 cm³/mol. The van der Waals surface area contributed by atoms with E-state index in [0.29, 0.717) is 5.69 Å². The van der Waals surface area contributed by atoms with Crippen LogP contribution in [0.25, 0.3) is 10.8 Å². The maximum Gasteiger partial charge on any atom is 0.244 e. The van der Waals surface area contributed by atoms with Crippen LogP contribution in [0.15, 0.2) is 54.6 Å². The molecule has 2 fully saturated rings. The summed E-state index contributed by atoms with van der Waals surface area (Å²) in [5.74, 6) is -0.927. The Balaban J connectivity index is 1.35. The number of carbonyl (C=O) groups is 3. The summed E-state index contributed by atoms with van der Waals surface area (Å²) in [6.45, 7) is -0.215. The lowest BCUT2D eigenvalue weighted by molar-refractivity contribution is -0.143. The fourth-order valence-electron chi connectivity index (χ4n) is 4.79. The van der Waals surface area contributed by atoms with E-state index in [9.17, 15) is 14.4 Å². The molecule has 2 aromatic rings. The van der Waals surface area contributed by atoms with Crippen molar-refractivity contribution in [2.75, 3.05) is 11.9 Å². The number of hydrogen-bond acceptors (Lipinski definition) is 3. The van der Waals surface area contributed by atoms with Crippen LogP contribution in [0.3, 0.4) is 0 Å². The molecule has 3 aliphatic rings. The summed E-state index contributed by atoms with van der Waals surface area (Å²) in [6, 6.07) is 13.4. The summed E-state index contributed by atoms with van der Waals surface area (Å²) < 4.78 is 0. The normalized spacial score (nSPS) is 28.8. The van der Waals surface area contributed by atoms with E-state index < -0.39 is 0 Å². The van der Waals surface area contributed by atoms with Crippen molar-refractivity contribution in [1.82, 2.24) is 4.90 Å². The molecule has 3 amide bonds. The first-order valence-corrected chi connectivity index (χ1v) is 8.94. The number of nitrogens with one attached hydrogen (secondary N) is 1.